The lowest BCUT2D eigenvalue weighted by Crippen LogP contribution is -2.37. The molecule has 0 atom stereocenters. The van der Waals surface area contributed by atoms with Crippen LogP contribution in [-0.4, -0.2) is 27.1 Å². The Hall–Kier alpha value is -3.14. The molecule has 0 aliphatic carbocycles. The lowest BCUT2D eigenvalue weighted by Gasteiger charge is -2.12. The smallest absolute Gasteiger partial charge is 0.191 e. The number of nitrogens with zero attached hydrogens (tertiary/aromatic N) is 4. The molecule has 2 aromatic carbocycles. The van der Waals surface area contributed by atoms with Gasteiger partial charge in [0.05, 0.1) is 13.1 Å². The zero-order valence-corrected chi connectivity index (χ0v) is 20.3. The first-order valence-corrected chi connectivity index (χ1v) is 10.4. The van der Waals surface area contributed by atoms with E-state index < -0.39 is 0 Å². The van der Waals surface area contributed by atoms with Crippen molar-refractivity contribution < 1.29 is 4.74 Å². The van der Waals surface area contributed by atoms with Crippen LogP contribution in [0.4, 0.5) is 0 Å². The van der Waals surface area contributed by atoms with E-state index in [0.717, 1.165) is 40.9 Å². The molecule has 2 aromatic heterocycles. The lowest BCUT2D eigenvalue weighted by atomic mass is 10.1. The summed E-state index contributed by atoms with van der Waals surface area (Å²) in [6.07, 6.45) is 1.96. The van der Waals surface area contributed by atoms with E-state index in [1.165, 1.54) is 0 Å². The molecule has 0 fully saturated rings. The van der Waals surface area contributed by atoms with Crippen molar-refractivity contribution >= 4 is 35.6 Å². The van der Waals surface area contributed by atoms with Crippen molar-refractivity contribution in [3.8, 4) is 5.75 Å². The lowest BCUT2D eigenvalue weighted by molar-refractivity contribution is 0.305. The third-order valence-corrected chi connectivity index (χ3v) is 4.81. The topological polar surface area (TPSA) is 75.8 Å². The zero-order valence-electron chi connectivity index (χ0n) is 17.9. The number of halogens is 1. The van der Waals surface area contributed by atoms with Gasteiger partial charge in [0.15, 0.2) is 17.4 Å². The highest BCUT2D eigenvalue weighted by atomic mass is 127. The van der Waals surface area contributed by atoms with Crippen LogP contribution in [0.5, 0.6) is 5.75 Å². The van der Waals surface area contributed by atoms with Crippen LogP contribution < -0.4 is 15.4 Å². The van der Waals surface area contributed by atoms with Gasteiger partial charge in [-0.2, -0.15) is 0 Å². The maximum absolute atomic E-state index is 5.93. The molecule has 7 nitrogen and oxygen atoms in total. The molecule has 166 valence electrons. The Kier molecular flexibility index (Phi) is 8.85. The molecule has 8 heteroatoms. The summed E-state index contributed by atoms with van der Waals surface area (Å²) in [6, 6.07) is 23.9. The van der Waals surface area contributed by atoms with E-state index in [4.69, 9.17) is 9.73 Å². The molecule has 0 aliphatic heterocycles. The third kappa shape index (κ3) is 6.19. The van der Waals surface area contributed by atoms with Crippen LogP contribution in [-0.2, 0) is 19.7 Å². The van der Waals surface area contributed by atoms with Crippen molar-refractivity contribution in [3.63, 3.8) is 0 Å². The van der Waals surface area contributed by atoms with Gasteiger partial charge < -0.3 is 15.4 Å². The molecule has 0 unspecified atom stereocenters. The van der Waals surface area contributed by atoms with Crippen molar-refractivity contribution in [1.29, 1.82) is 0 Å². The predicted octanol–water partition coefficient (Wildman–Crippen LogP) is 4.18. The van der Waals surface area contributed by atoms with Gasteiger partial charge in [0.2, 0.25) is 0 Å². The quantitative estimate of drug-likeness (QED) is 0.199. The minimum absolute atomic E-state index is 0. The first-order chi connectivity index (χ1) is 15.3. The molecule has 4 rings (SSSR count). The summed E-state index contributed by atoms with van der Waals surface area (Å²) in [4.78, 5) is 4.76. The summed E-state index contributed by atoms with van der Waals surface area (Å²) in [5.74, 6) is 2.42. The van der Waals surface area contributed by atoms with Crippen molar-refractivity contribution in [3.05, 3.63) is 95.9 Å². The standard InChI is InChI=1S/C24H26N6O.HI/c1-2-25-24(27-17-23-29-28-22-14-8-9-15-30(22)23)26-16-19-10-6-7-11-20(19)18-31-21-12-4-3-5-13-21;/h3-15H,2,16-18H2,1H3,(H2,25,26,27);1H. The van der Waals surface area contributed by atoms with Crippen LogP contribution in [0.2, 0.25) is 0 Å². The molecule has 0 bridgehead atoms. The Bertz CT molecular complexity index is 1150. The molecule has 32 heavy (non-hydrogen) atoms. The number of aromatic nitrogens is 3. The first kappa shape index (κ1) is 23.5. The third-order valence-electron chi connectivity index (χ3n) is 4.81. The number of rotatable bonds is 8. The van der Waals surface area contributed by atoms with Gasteiger partial charge in [-0.15, -0.1) is 34.2 Å². The number of nitrogens with one attached hydrogen (secondary N) is 2. The maximum Gasteiger partial charge on any atom is 0.191 e. The van der Waals surface area contributed by atoms with Crippen molar-refractivity contribution in [1.82, 2.24) is 25.2 Å². The van der Waals surface area contributed by atoms with E-state index in [1.54, 1.807) is 0 Å². The Balaban J connectivity index is 0.00000289. The van der Waals surface area contributed by atoms with Gasteiger partial charge in [-0.05, 0) is 42.3 Å². The van der Waals surface area contributed by atoms with Crippen LogP contribution in [0.15, 0.2) is 84.0 Å². The number of ether oxygens (including phenoxy) is 1. The first-order valence-electron chi connectivity index (χ1n) is 10.4. The molecule has 0 aliphatic rings. The number of para-hydroxylation sites is 1. The van der Waals surface area contributed by atoms with Gasteiger partial charge in [0.1, 0.15) is 12.4 Å². The molecule has 0 amide bonds. The molecule has 2 N–H and O–H groups in total. The van der Waals surface area contributed by atoms with Crippen molar-refractivity contribution in [2.24, 2.45) is 4.99 Å². The normalized spacial score (nSPS) is 11.1. The summed E-state index contributed by atoms with van der Waals surface area (Å²) in [5, 5.41) is 15.1. The van der Waals surface area contributed by atoms with E-state index in [0.29, 0.717) is 19.7 Å². The Morgan fingerprint density at radius 2 is 1.66 bits per heavy atom. The molecule has 0 spiro atoms. The van der Waals surface area contributed by atoms with Crippen LogP contribution in [0.25, 0.3) is 5.65 Å². The largest absolute Gasteiger partial charge is 0.489 e. The highest BCUT2D eigenvalue weighted by molar-refractivity contribution is 14.0. The van der Waals surface area contributed by atoms with Gasteiger partial charge in [-0.3, -0.25) is 4.40 Å². The molecule has 2 heterocycles. The number of guanidine groups is 1. The number of hydrogen-bond donors (Lipinski definition) is 2. The highest BCUT2D eigenvalue weighted by Gasteiger charge is 2.07. The van der Waals surface area contributed by atoms with Crippen molar-refractivity contribution in [2.45, 2.75) is 26.6 Å². The summed E-state index contributed by atoms with van der Waals surface area (Å²) < 4.78 is 7.89. The second-order valence-electron chi connectivity index (χ2n) is 6.96. The van der Waals surface area contributed by atoms with E-state index in [1.807, 2.05) is 78.2 Å². The fraction of sp³-hybridized carbons (Fsp3) is 0.208. The number of aliphatic imine (C=N–C) groups is 1. The summed E-state index contributed by atoms with van der Waals surface area (Å²) >= 11 is 0. The highest BCUT2D eigenvalue weighted by Crippen LogP contribution is 2.15. The predicted molar refractivity (Wildman–Crippen MR) is 137 cm³/mol. The van der Waals surface area contributed by atoms with Gasteiger partial charge >= 0.3 is 0 Å². The summed E-state index contributed by atoms with van der Waals surface area (Å²) in [5.41, 5.74) is 3.08. The van der Waals surface area contributed by atoms with E-state index >= 15 is 0 Å². The number of benzene rings is 2. The minimum atomic E-state index is 0. The van der Waals surface area contributed by atoms with Crippen LogP contribution in [0.3, 0.4) is 0 Å². The second kappa shape index (κ2) is 12.0. The fourth-order valence-corrected chi connectivity index (χ4v) is 3.21. The minimum Gasteiger partial charge on any atom is -0.489 e. The average molecular weight is 542 g/mol. The number of pyridine rings is 1. The zero-order chi connectivity index (χ0) is 21.3. The molecular formula is C24H27IN6O. The van der Waals surface area contributed by atoms with E-state index in [2.05, 4.69) is 33.0 Å². The number of hydrogen-bond acceptors (Lipinski definition) is 4. The summed E-state index contributed by atoms with van der Waals surface area (Å²) in [7, 11) is 0. The van der Waals surface area contributed by atoms with Gasteiger partial charge in [0.25, 0.3) is 0 Å². The Morgan fingerprint density at radius 3 is 2.47 bits per heavy atom. The van der Waals surface area contributed by atoms with Gasteiger partial charge in [-0.25, -0.2) is 4.99 Å². The molecule has 0 radical (unpaired) electrons. The maximum atomic E-state index is 5.93. The van der Waals surface area contributed by atoms with Crippen molar-refractivity contribution in [2.75, 3.05) is 6.54 Å². The molecule has 0 saturated heterocycles. The second-order valence-corrected chi connectivity index (χ2v) is 6.96. The van der Waals surface area contributed by atoms with Crippen LogP contribution >= 0.6 is 24.0 Å². The monoisotopic (exact) mass is 542 g/mol. The molecular weight excluding hydrogens is 515 g/mol. The Labute approximate surface area is 205 Å². The SMILES string of the molecule is CCNC(=NCc1ccccc1COc1ccccc1)NCc1nnc2ccccn12.I. The molecule has 0 saturated carbocycles. The average Bonchev–Trinajstić information content (AvgIpc) is 3.24. The fourth-order valence-electron chi connectivity index (χ4n) is 3.21. The van der Waals surface area contributed by atoms with Gasteiger partial charge in [-0.1, -0.05) is 48.5 Å². The van der Waals surface area contributed by atoms with Crippen LogP contribution in [0.1, 0.15) is 23.9 Å². The summed E-state index contributed by atoms with van der Waals surface area (Å²) in [6.45, 7) is 4.39. The number of fused-ring (bicyclic) bond motifs is 1. The van der Waals surface area contributed by atoms with Crippen LogP contribution in [0, 0.1) is 0 Å². The van der Waals surface area contributed by atoms with E-state index in [9.17, 15) is 0 Å². The Morgan fingerprint density at radius 1 is 0.906 bits per heavy atom. The van der Waals surface area contributed by atoms with E-state index in [-0.39, 0.29) is 24.0 Å². The molecule has 4 aromatic rings. The van der Waals surface area contributed by atoms with Gasteiger partial charge in [0, 0.05) is 12.7 Å².